The quantitative estimate of drug-likeness (QED) is 0.719. The third kappa shape index (κ3) is 4.28. The third-order valence-electron chi connectivity index (χ3n) is 5.26. The van der Waals surface area contributed by atoms with Gasteiger partial charge in [0.25, 0.3) is 5.91 Å². The predicted molar refractivity (Wildman–Crippen MR) is 108 cm³/mol. The first-order valence-electron chi connectivity index (χ1n) is 9.83. The lowest BCUT2D eigenvalue weighted by Gasteiger charge is -2.34. The number of aromatic nitrogens is 3. The summed E-state index contributed by atoms with van der Waals surface area (Å²) in [7, 11) is 0. The molecule has 1 amide bonds. The molecular formula is C22H25N5O. The molecule has 144 valence electrons. The van der Waals surface area contributed by atoms with Gasteiger partial charge in [0.2, 0.25) is 0 Å². The summed E-state index contributed by atoms with van der Waals surface area (Å²) in [6, 6.07) is 13.6. The first-order chi connectivity index (χ1) is 13.8. The molecule has 1 aromatic carbocycles. The Labute approximate surface area is 165 Å². The fourth-order valence-corrected chi connectivity index (χ4v) is 3.74. The lowest BCUT2D eigenvalue weighted by atomic mass is 10.0. The molecule has 4 rings (SSSR count). The summed E-state index contributed by atoms with van der Waals surface area (Å²) < 4.78 is 1.77. The summed E-state index contributed by atoms with van der Waals surface area (Å²) in [6.45, 7) is 2.70. The Balaban J connectivity index is 1.43. The lowest BCUT2D eigenvalue weighted by molar-refractivity contribution is 0.0924. The summed E-state index contributed by atoms with van der Waals surface area (Å²) in [4.78, 5) is 19.4. The van der Waals surface area contributed by atoms with Gasteiger partial charge in [-0.15, -0.1) is 0 Å². The number of carbonyl (C=O) groups is 1. The van der Waals surface area contributed by atoms with Crippen molar-refractivity contribution in [3.05, 3.63) is 78.4 Å². The molecular weight excluding hydrogens is 350 g/mol. The maximum Gasteiger partial charge on any atom is 0.251 e. The number of nitrogens with zero attached hydrogens (tertiary/aromatic N) is 4. The van der Waals surface area contributed by atoms with Crippen LogP contribution >= 0.6 is 0 Å². The van der Waals surface area contributed by atoms with Crippen LogP contribution in [0.5, 0.6) is 0 Å². The molecule has 2 aromatic heterocycles. The van der Waals surface area contributed by atoms with Crippen molar-refractivity contribution in [1.82, 2.24) is 25.0 Å². The molecule has 0 saturated carbocycles. The van der Waals surface area contributed by atoms with Gasteiger partial charge in [0.05, 0.1) is 11.7 Å². The number of benzene rings is 1. The van der Waals surface area contributed by atoms with Gasteiger partial charge in [-0.1, -0.05) is 12.5 Å². The van der Waals surface area contributed by atoms with Crippen molar-refractivity contribution in [2.45, 2.75) is 25.3 Å². The van der Waals surface area contributed by atoms with E-state index in [2.05, 4.69) is 26.4 Å². The van der Waals surface area contributed by atoms with Crippen LogP contribution in [0.1, 0.15) is 41.2 Å². The first kappa shape index (κ1) is 18.4. The summed E-state index contributed by atoms with van der Waals surface area (Å²) in [5, 5.41) is 7.33. The fourth-order valence-electron chi connectivity index (χ4n) is 3.74. The van der Waals surface area contributed by atoms with E-state index in [-0.39, 0.29) is 11.9 Å². The van der Waals surface area contributed by atoms with Gasteiger partial charge in [-0.05, 0) is 67.9 Å². The van der Waals surface area contributed by atoms with Gasteiger partial charge in [0.15, 0.2) is 0 Å². The summed E-state index contributed by atoms with van der Waals surface area (Å²) in [5.41, 5.74) is 2.74. The van der Waals surface area contributed by atoms with E-state index in [0.29, 0.717) is 12.1 Å². The normalized spacial score (nSPS) is 15.9. The zero-order chi connectivity index (χ0) is 19.2. The van der Waals surface area contributed by atoms with Crippen LogP contribution in [0.2, 0.25) is 0 Å². The second-order valence-electron chi connectivity index (χ2n) is 7.11. The van der Waals surface area contributed by atoms with E-state index in [1.165, 1.54) is 19.3 Å². The average Bonchev–Trinajstić information content (AvgIpc) is 3.30. The number of rotatable bonds is 6. The highest BCUT2D eigenvalue weighted by molar-refractivity contribution is 5.94. The number of amides is 1. The van der Waals surface area contributed by atoms with Crippen LogP contribution in [0, 0.1) is 0 Å². The van der Waals surface area contributed by atoms with Crippen LogP contribution < -0.4 is 5.32 Å². The lowest BCUT2D eigenvalue weighted by Crippen LogP contribution is -2.40. The Morgan fingerprint density at radius 1 is 1.04 bits per heavy atom. The average molecular weight is 375 g/mol. The van der Waals surface area contributed by atoms with Gasteiger partial charge < -0.3 is 5.32 Å². The Bertz CT molecular complexity index is 871. The van der Waals surface area contributed by atoms with Gasteiger partial charge in [-0.25, -0.2) is 4.68 Å². The summed E-state index contributed by atoms with van der Waals surface area (Å²) in [6.07, 6.45) is 11.0. The minimum absolute atomic E-state index is 0.0575. The highest BCUT2D eigenvalue weighted by atomic mass is 16.1. The van der Waals surface area contributed by atoms with E-state index in [0.717, 1.165) is 24.3 Å². The Kier molecular flexibility index (Phi) is 5.77. The van der Waals surface area contributed by atoms with E-state index in [9.17, 15) is 4.79 Å². The van der Waals surface area contributed by atoms with E-state index in [4.69, 9.17) is 0 Å². The number of carbonyl (C=O) groups excluding carboxylic acids is 1. The van der Waals surface area contributed by atoms with Gasteiger partial charge >= 0.3 is 0 Å². The van der Waals surface area contributed by atoms with E-state index >= 15 is 0 Å². The number of likely N-dealkylation sites (tertiary alicyclic amines) is 1. The van der Waals surface area contributed by atoms with Crippen molar-refractivity contribution in [3.8, 4) is 5.69 Å². The van der Waals surface area contributed by atoms with Crippen molar-refractivity contribution in [1.29, 1.82) is 0 Å². The maximum atomic E-state index is 12.7. The highest BCUT2D eigenvalue weighted by Gasteiger charge is 2.23. The van der Waals surface area contributed by atoms with Crippen LogP contribution in [0.15, 0.2) is 67.3 Å². The van der Waals surface area contributed by atoms with Crippen LogP contribution in [0.4, 0.5) is 0 Å². The molecule has 1 aliphatic rings. The largest absolute Gasteiger partial charge is 0.350 e. The number of nitrogens with one attached hydrogen (secondary N) is 1. The standard InChI is InChI=1S/C22H25N5O/c28-22(18-7-9-20(10-8-18)27-15-5-12-25-27)24-17-21(19-6-4-11-23-16-19)26-13-2-1-3-14-26/h4-12,15-16,21H,1-3,13-14,17H2,(H,24,28)/t21-/m1/s1. The topological polar surface area (TPSA) is 63.1 Å². The molecule has 1 aliphatic heterocycles. The second kappa shape index (κ2) is 8.80. The first-order valence-corrected chi connectivity index (χ1v) is 9.83. The van der Waals surface area contributed by atoms with Crippen LogP contribution in [-0.4, -0.2) is 45.2 Å². The Hall–Kier alpha value is -2.99. The van der Waals surface area contributed by atoms with Crippen LogP contribution in [0.25, 0.3) is 5.69 Å². The smallest absolute Gasteiger partial charge is 0.251 e. The molecule has 0 bridgehead atoms. The summed E-state index contributed by atoms with van der Waals surface area (Å²) >= 11 is 0. The summed E-state index contributed by atoms with van der Waals surface area (Å²) in [5.74, 6) is -0.0575. The van der Waals surface area contributed by atoms with Crippen molar-refractivity contribution in [3.63, 3.8) is 0 Å². The number of pyridine rings is 1. The zero-order valence-electron chi connectivity index (χ0n) is 15.9. The third-order valence-corrected chi connectivity index (χ3v) is 5.26. The Morgan fingerprint density at radius 3 is 2.54 bits per heavy atom. The molecule has 6 heteroatoms. The molecule has 0 unspecified atom stereocenters. The molecule has 0 aliphatic carbocycles. The molecule has 0 radical (unpaired) electrons. The molecule has 1 saturated heterocycles. The van der Waals surface area contributed by atoms with Crippen molar-refractivity contribution < 1.29 is 4.79 Å². The molecule has 1 fully saturated rings. The van der Waals surface area contributed by atoms with Crippen molar-refractivity contribution >= 4 is 5.91 Å². The predicted octanol–water partition coefficient (Wildman–Crippen LogP) is 3.22. The SMILES string of the molecule is O=C(NC[C@H](c1cccnc1)N1CCCCC1)c1ccc(-n2cccn2)cc1. The minimum Gasteiger partial charge on any atom is -0.350 e. The maximum absolute atomic E-state index is 12.7. The van der Waals surface area contributed by atoms with Gasteiger partial charge in [-0.3, -0.25) is 14.7 Å². The molecule has 3 heterocycles. The fraction of sp³-hybridized carbons (Fsp3) is 0.318. The number of hydrogen-bond donors (Lipinski definition) is 1. The number of piperidine rings is 1. The van der Waals surface area contributed by atoms with E-state index in [1.54, 1.807) is 17.1 Å². The van der Waals surface area contributed by atoms with Gasteiger partial charge in [-0.2, -0.15) is 5.10 Å². The second-order valence-corrected chi connectivity index (χ2v) is 7.11. The monoisotopic (exact) mass is 375 g/mol. The minimum atomic E-state index is -0.0575. The molecule has 0 spiro atoms. The zero-order valence-corrected chi connectivity index (χ0v) is 15.9. The molecule has 6 nitrogen and oxygen atoms in total. The van der Waals surface area contributed by atoms with Crippen molar-refractivity contribution in [2.24, 2.45) is 0 Å². The molecule has 3 aromatic rings. The van der Waals surface area contributed by atoms with Crippen molar-refractivity contribution in [2.75, 3.05) is 19.6 Å². The Morgan fingerprint density at radius 2 is 1.86 bits per heavy atom. The number of hydrogen-bond acceptors (Lipinski definition) is 4. The van der Waals surface area contributed by atoms with Crippen LogP contribution in [0.3, 0.4) is 0 Å². The van der Waals surface area contributed by atoms with Gasteiger partial charge in [0, 0.05) is 36.9 Å². The highest BCUT2D eigenvalue weighted by Crippen LogP contribution is 2.23. The molecule has 28 heavy (non-hydrogen) atoms. The van der Waals surface area contributed by atoms with E-state index < -0.39 is 0 Å². The molecule has 1 N–H and O–H groups in total. The molecule has 1 atom stereocenters. The van der Waals surface area contributed by atoms with Gasteiger partial charge in [0.1, 0.15) is 0 Å². The van der Waals surface area contributed by atoms with Crippen LogP contribution in [-0.2, 0) is 0 Å². The van der Waals surface area contributed by atoms with E-state index in [1.807, 2.05) is 48.8 Å².